The quantitative estimate of drug-likeness (QED) is 0.865. The molecule has 0 aliphatic heterocycles. The highest BCUT2D eigenvalue weighted by molar-refractivity contribution is 5.77. The fraction of sp³-hybridized carbons (Fsp3) is 0.500. The third-order valence-corrected chi connectivity index (χ3v) is 3.41. The molecule has 19 heavy (non-hydrogen) atoms. The molecule has 0 aliphatic carbocycles. The van der Waals surface area contributed by atoms with E-state index in [-0.39, 0.29) is 6.04 Å². The normalized spacial score (nSPS) is 13.6. The number of likely N-dealkylation sites (N-methyl/N-ethyl adjacent to an activating group) is 1. The average molecular weight is 260 g/mol. The minimum atomic E-state index is -0.0652. The zero-order valence-corrected chi connectivity index (χ0v) is 12.1. The van der Waals surface area contributed by atoms with Crippen LogP contribution in [0.4, 0.5) is 0 Å². The molecule has 0 saturated heterocycles. The van der Waals surface area contributed by atoms with Gasteiger partial charge in [-0.3, -0.25) is 0 Å². The Labute approximate surface area is 115 Å². The van der Waals surface area contributed by atoms with Crippen molar-refractivity contribution in [3.63, 3.8) is 0 Å². The van der Waals surface area contributed by atoms with E-state index in [0.29, 0.717) is 0 Å². The molecular formula is C16H24N2O. The van der Waals surface area contributed by atoms with E-state index in [1.807, 2.05) is 18.2 Å². The summed E-state index contributed by atoms with van der Waals surface area (Å²) in [6.07, 6.45) is 1.20. The van der Waals surface area contributed by atoms with Gasteiger partial charge in [-0.1, -0.05) is 32.0 Å². The molecule has 0 bridgehead atoms. The van der Waals surface area contributed by atoms with E-state index >= 15 is 0 Å². The van der Waals surface area contributed by atoms with Gasteiger partial charge in [0.25, 0.3) is 0 Å². The summed E-state index contributed by atoms with van der Waals surface area (Å²) in [5.74, 6) is 1.60. The smallest absolute Gasteiger partial charge is 0.134 e. The van der Waals surface area contributed by atoms with Crippen molar-refractivity contribution < 1.29 is 4.42 Å². The summed E-state index contributed by atoms with van der Waals surface area (Å²) >= 11 is 0. The maximum Gasteiger partial charge on any atom is 0.134 e. The lowest BCUT2D eigenvalue weighted by Crippen LogP contribution is -2.30. The third kappa shape index (κ3) is 3.82. The molecule has 2 aromatic rings. The number of rotatable bonds is 6. The predicted molar refractivity (Wildman–Crippen MR) is 80.1 cm³/mol. The summed E-state index contributed by atoms with van der Waals surface area (Å²) in [5, 5.41) is 1.12. The molecular weight excluding hydrogens is 236 g/mol. The van der Waals surface area contributed by atoms with Gasteiger partial charge in [-0.25, -0.2) is 0 Å². The number of hydrogen-bond donors (Lipinski definition) is 1. The van der Waals surface area contributed by atoms with E-state index in [9.17, 15) is 0 Å². The molecule has 1 aromatic carbocycles. The maximum absolute atomic E-state index is 6.23. The molecule has 0 saturated carbocycles. The predicted octanol–water partition coefficient (Wildman–Crippen LogP) is 3.41. The van der Waals surface area contributed by atoms with Crippen molar-refractivity contribution in [2.24, 2.45) is 11.7 Å². The highest BCUT2D eigenvalue weighted by Gasteiger charge is 2.14. The minimum absolute atomic E-state index is 0.0652. The van der Waals surface area contributed by atoms with Crippen LogP contribution < -0.4 is 5.73 Å². The number of benzene rings is 1. The Bertz CT molecular complexity index is 485. The number of para-hydroxylation sites is 1. The van der Waals surface area contributed by atoms with Crippen molar-refractivity contribution in [2.75, 3.05) is 20.1 Å². The first-order valence-corrected chi connectivity index (χ1v) is 6.99. The molecule has 3 nitrogen and oxygen atoms in total. The van der Waals surface area contributed by atoms with Crippen LogP contribution in [0.1, 0.15) is 32.1 Å². The first kappa shape index (κ1) is 14.1. The van der Waals surface area contributed by atoms with E-state index < -0.39 is 0 Å². The van der Waals surface area contributed by atoms with Crippen LogP contribution in [0.25, 0.3) is 11.0 Å². The van der Waals surface area contributed by atoms with Crippen LogP contribution in [-0.2, 0) is 0 Å². The van der Waals surface area contributed by atoms with E-state index in [1.54, 1.807) is 0 Å². The summed E-state index contributed by atoms with van der Waals surface area (Å²) < 4.78 is 5.80. The molecule has 1 heterocycles. The first-order chi connectivity index (χ1) is 9.06. The lowest BCUT2D eigenvalue weighted by molar-refractivity contribution is 0.281. The molecule has 0 spiro atoms. The van der Waals surface area contributed by atoms with Crippen molar-refractivity contribution in [3.8, 4) is 0 Å². The van der Waals surface area contributed by atoms with Gasteiger partial charge < -0.3 is 15.1 Å². The van der Waals surface area contributed by atoms with Crippen molar-refractivity contribution in [3.05, 3.63) is 36.1 Å². The Morgan fingerprint density at radius 1 is 1.26 bits per heavy atom. The van der Waals surface area contributed by atoms with Gasteiger partial charge in [0.15, 0.2) is 0 Å². The Balaban J connectivity index is 1.97. The Morgan fingerprint density at radius 3 is 2.68 bits per heavy atom. The fourth-order valence-electron chi connectivity index (χ4n) is 2.18. The molecule has 0 radical (unpaired) electrons. The fourth-order valence-corrected chi connectivity index (χ4v) is 2.18. The summed E-state index contributed by atoms with van der Waals surface area (Å²) in [6, 6.07) is 10.0. The van der Waals surface area contributed by atoms with Gasteiger partial charge in [0.05, 0.1) is 6.04 Å². The van der Waals surface area contributed by atoms with Gasteiger partial charge in [-0.05, 0) is 38.1 Å². The van der Waals surface area contributed by atoms with E-state index in [1.165, 1.54) is 6.42 Å². The Hall–Kier alpha value is -1.32. The van der Waals surface area contributed by atoms with Crippen LogP contribution in [-0.4, -0.2) is 25.0 Å². The van der Waals surface area contributed by atoms with Crippen LogP contribution in [0.5, 0.6) is 0 Å². The van der Waals surface area contributed by atoms with Crippen molar-refractivity contribution in [1.29, 1.82) is 0 Å². The zero-order valence-electron chi connectivity index (χ0n) is 12.1. The lowest BCUT2D eigenvalue weighted by atomic mass is 10.1. The van der Waals surface area contributed by atoms with Gasteiger partial charge >= 0.3 is 0 Å². The van der Waals surface area contributed by atoms with Crippen molar-refractivity contribution >= 4 is 11.0 Å². The second-order valence-corrected chi connectivity index (χ2v) is 5.74. The molecule has 2 N–H and O–H groups in total. The molecule has 0 fully saturated rings. The number of furan rings is 1. The monoisotopic (exact) mass is 260 g/mol. The highest BCUT2D eigenvalue weighted by atomic mass is 16.3. The van der Waals surface area contributed by atoms with Crippen molar-refractivity contribution in [1.82, 2.24) is 4.90 Å². The maximum atomic E-state index is 6.23. The third-order valence-electron chi connectivity index (χ3n) is 3.41. The highest BCUT2D eigenvalue weighted by Crippen LogP contribution is 2.23. The molecule has 2 rings (SSSR count). The van der Waals surface area contributed by atoms with E-state index in [2.05, 4.69) is 37.9 Å². The number of nitrogens with zero attached hydrogens (tertiary/aromatic N) is 1. The lowest BCUT2D eigenvalue weighted by Gasteiger charge is -2.20. The standard InChI is InChI=1S/C16H24N2O/c1-12(2)8-9-18(3)11-14(17)16-10-13-6-4-5-7-15(13)19-16/h4-7,10,12,14H,8-9,11,17H2,1-3H3. The minimum Gasteiger partial charge on any atom is -0.459 e. The first-order valence-electron chi connectivity index (χ1n) is 6.99. The molecule has 3 heteroatoms. The van der Waals surface area contributed by atoms with Gasteiger partial charge in [0.2, 0.25) is 0 Å². The van der Waals surface area contributed by atoms with Crippen molar-refractivity contribution in [2.45, 2.75) is 26.3 Å². The second-order valence-electron chi connectivity index (χ2n) is 5.74. The van der Waals surface area contributed by atoms with Crippen LogP contribution in [0, 0.1) is 5.92 Å². The van der Waals surface area contributed by atoms with Crippen LogP contribution in [0.2, 0.25) is 0 Å². The molecule has 104 valence electrons. The second kappa shape index (κ2) is 6.22. The van der Waals surface area contributed by atoms with Gasteiger partial charge in [-0.15, -0.1) is 0 Å². The van der Waals surface area contributed by atoms with Crippen LogP contribution >= 0.6 is 0 Å². The average Bonchev–Trinajstić information content (AvgIpc) is 2.80. The molecule has 1 unspecified atom stereocenters. The van der Waals surface area contributed by atoms with E-state index in [4.69, 9.17) is 10.2 Å². The topological polar surface area (TPSA) is 42.4 Å². The summed E-state index contributed by atoms with van der Waals surface area (Å²) in [4.78, 5) is 2.28. The SMILES string of the molecule is CC(C)CCN(C)CC(N)c1cc2ccccc2o1. The molecule has 0 aliphatic rings. The molecule has 0 amide bonds. The van der Waals surface area contributed by atoms with Gasteiger partial charge in [0.1, 0.15) is 11.3 Å². The summed E-state index contributed by atoms with van der Waals surface area (Å²) in [7, 11) is 2.12. The summed E-state index contributed by atoms with van der Waals surface area (Å²) in [6.45, 7) is 6.39. The van der Waals surface area contributed by atoms with Crippen LogP contribution in [0.3, 0.4) is 0 Å². The number of hydrogen-bond acceptors (Lipinski definition) is 3. The molecule has 1 aromatic heterocycles. The number of nitrogens with two attached hydrogens (primary N) is 1. The Morgan fingerprint density at radius 2 is 2.00 bits per heavy atom. The Kier molecular flexibility index (Phi) is 4.61. The van der Waals surface area contributed by atoms with Crippen LogP contribution in [0.15, 0.2) is 34.7 Å². The van der Waals surface area contributed by atoms with Gasteiger partial charge in [-0.2, -0.15) is 0 Å². The van der Waals surface area contributed by atoms with Gasteiger partial charge in [0, 0.05) is 11.9 Å². The summed E-state index contributed by atoms with van der Waals surface area (Å²) in [5.41, 5.74) is 7.15. The zero-order chi connectivity index (χ0) is 13.8. The molecule has 1 atom stereocenters. The number of fused-ring (bicyclic) bond motifs is 1. The largest absolute Gasteiger partial charge is 0.459 e. The van der Waals surface area contributed by atoms with E-state index in [0.717, 1.165) is 35.7 Å².